The largest absolute Gasteiger partial charge is 0.416 e. The molecule has 1 fully saturated rings. The number of alkyl halides is 3. The Hall–Kier alpha value is -2.49. The molecule has 2 heterocycles. The number of amides is 2. The SMILES string of the molecule is Cc1nnsc1C(=O)N1CCC(=O)N(Cc2cccc(C(F)(F)F)c2)CC1. The Morgan fingerprint density at radius 2 is 2.04 bits per heavy atom. The summed E-state index contributed by atoms with van der Waals surface area (Å²) in [4.78, 5) is 28.4. The van der Waals surface area contributed by atoms with E-state index in [4.69, 9.17) is 0 Å². The first-order valence-corrected chi connectivity index (χ1v) is 9.05. The second-order valence-corrected chi connectivity index (χ2v) is 7.00. The summed E-state index contributed by atoms with van der Waals surface area (Å²) in [5, 5.41) is 3.82. The van der Waals surface area contributed by atoms with Crippen molar-refractivity contribution in [1.29, 1.82) is 0 Å². The van der Waals surface area contributed by atoms with E-state index in [0.717, 1.165) is 23.7 Å². The summed E-state index contributed by atoms with van der Waals surface area (Å²) >= 11 is 1.01. The molecule has 1 aromatic carbocycles. The third-order valence-corrected chi connectivity index (χ3v) is 5.16. The molecule has 10 heteroatoms. The number of carbonyl (C=O) groups excluding carboxylic acids is 2. The normalized spacial score (nSPS) is 15.8. The Bertz CT molecular complexity index is 853. The lowest BCUT2D eigenvalue weighted by Crippen LogP contribution is -2.35. The number of halogens is 3. The molecule has 3 rings (SSSR count). The molecule has 6 nitrogen and oxygen atoms in total. The van der Waals surface area contributed by atoms with Gasteiger partial charge in [-0.25, -0.2) is 0 Å². The fourth-order valence-electron chi connectivity index (χ4n) is 2.87. The van der Waals surface area contributed by atoms with Crippen LogP contribution in [0, 0.1) is 6.92 Å². The Kier molecular flexibility index (Phi) is 5.45. The summed E-state index contributed by atoms with van der Waals surface area (Å²) in [6, 6.07) is 4.94. The maximum Gasteiger partial charge on any atom is 0.416 e. The molecule has 1 aliphatic heterocycles. The van der Waals surface area contributed by atoms with E-state index in [0.29, 0.717) is 22.7 Å². The molecule has 0 atom stereocenters. The highest BCUT2D eigenvalue weighted by molar-refractivity contribution is 7.07. The predicted octanol–water partition coefficient (Wildman–Crippen LogP) is 2.74. The smallest absolute Gasteiger partial charge is 0.337 e. The van der Waals surface area contributed by atoms with Crippen LogP contribution in [0.1, 0.15) is 32.9 Å². The molecule has 144 valence electrons. The van der Waals surface area contributed by atoms with Crippen LogP contribution in [0.3, 0.4) is 0 Å². The number of nitrogens with zero attached hydrogens (tertiary/aromatic N) is 4. The summed E-state index contributed by atoms with van der Waals surface area (Å²) < 4.78 is 42.3. The van der Waals surface area contributed by atoms with Gasteiger partial charge in [-0.1, -0.05) is 16.6 Å². The van der Waals surface area contributed by atoms with Gasteiger partial charge in [-0.3, -0.25) is 9.59 Å². The van der Waals surface area contributed by atoms with Gasteiger partial charge in [-0.05, 0) is 36.2 Å². The zero-order valence-corrected chi connectivity index (χ0v) is 15.3. The van der Waals surface area contributed by atoms with Crippen LogP contribution in [-0.2, 0) is 17.5 Å². The van der Waals surface area contributed by atoms with Crippen molar-refractivity contribution in [1.82, 2.24) is 19.4 Å². The summed E-state index contributed by atoms with van der Waals surface area (Å²) in [6.45, 7) is 2.59. The standard InChI is InChI=1S/C17H17F3N4O2S/c1-11-15(27-22-21-11)16(26)23-6-5-14(25)24(8-7-23)10-12-3-2-4-13(9-12)17(18,19)20/h2-4,9H,5-8,10H2,1H3. The third-order valence-electron chi connectivity index (χ3n) is 4.35. The molecule has 1 aromatic heterocycles. The number of carbonyl (C=O) groups is 2. The average Bonchev–Trinajstić information content (AvgIpc) is 2.96. The lowest BCUT2D eigenvalue weighted by molar-refractivity contribution is -0.137. The van der Waals surface area contributed by atoms with Gasteiger partial charge in [-0.2, -0.15) is 13.2 Å². The Morgan fingerprint density at radius 1 is 1.26 bits per heavy atom. The fraction of sp³-hybridized carbons (Fsp3) is 0.412. The molecule has 0 radical (unpaired) electrons. The maximum absolute atomic E-state index is 12.9. The van der Waals surface area contributed by atoms with Crippen molar-refractivity contribution in [2.45, 2.75) is 26.1 Å². The monoisotopic (exact) mass is 398 g/mol. The van der Waals surface area contributed by atoms with E-state index in [-0.39, 0.29) is 37.9 Å². The summed E-state index contributed by atoms with van der Waals surface area (Å²) in [6.07, 6.45) is -4.31. The number of rotatable bonds is 3. The van der Waals surface area contributed by atoms with Crippen molar-refractivity contribution in [3.05, 3.63) is 46.0 Å². The topological polar surface area (TPSA) is 66.4 Å². The molecule has 0 saturated carbocycles. The first kappa shape index (κ1) is 19.3. The first-order chi connectivity index (χ1) is 12.8. The van der Waals surface area contributed by atoms with Gasteiger partial charge in [-0.15, -0.1) is 5.10 Å². The summed E-state index contributed by atoms with van der Waals surface area (Å²) in [5.41, 5.74) is 0.203. The second kappa shape index (κ2) is 7.63. The predicted molar refractivity (Wildman–Crippen MR) is 92.0 cm³/mol. The highest BCUT2D eigenvalue weighted by atomic mass is 32.1. The highest BCUT2D eigenvalue weighted by Gasteiger charge is 2.31. The lowest BCUT2D eigenvalue weighted by Gasteiger charge is -2.22. The van der Waals surface area contributed by atoms with E-state index < -0.39 is 11.7 Å². The number of aromatic nitrogens is 2. The molecule has 2 aromatic rings. The number of aryl methyl sites for hydroxylation is 1. The average molecular weight is 398 g/mol. The third kappa shape index (κ3) is 4.44. The van der Waals surface area contributed by atoms with Crippen LogP contribution in [0.15, 0.2) is 24.3 Å². The van der Waals surface area contributed by atoms with Crippen LogP contribution >= 0.6 is 11.5 Å². The first-order valence-electron chi connectivity index (χ1n) is 8.28. The molecule has 1 aliphatic rings. The van der Waals surface area contributed by atoms with E-state index >= 15 is 0 Å². The Morgan fingerprint density at radius 3 is 2.70 bits per heavy atom. The van der Waals surface area contributed by atoms with Crippen LogP contribution in [0.5, 0.6) is 0 Å². The van der Waals surface area contributed by atoms with Crippen molar-refractivity contribution in [3.8, 4) is 0 Å². The Labute approximate surface area is 157 Å². The van der Waals surface area contributed by atoms with Crippen molar-refractivity contribution in [2.75, 3.05) is 19.6 Å². The molecule has 0 spiro atoms. The minimum atomic E-state index is -4.43. The summed E-state index contributed by atoms with van der Waals surface area (Å²) in [5.74, 6) is -0.418. The van der Waals surface area contributed by atoms with Crippen molar-refractivity contribution >= 4 is 23.3 Å². The van der Waals surface area contributed by atoms with Gasteiger partial charge in [0, 0.05) is 32.6 Å². The minimum absolute atomic E-state index is 0.0753. The highest BCUT2D eigenvalue weighted by Crippen LogP contribution is 2.30. The van der Waals surface area contributed by atoms with Crippen molar-refractivity contribution in [3.63, 3.8) is 0 Å². The van der Waals surface area contributed by atoms with Crippen LogP contribution in [0.4, 0.5) is 13.2 Å². The van der Waals surface area contributed by atoms with E-state index in [9.17, 15) is 22.8 Å². The van der Waals surface area contributed by atoms with Crippen LogP contribution in [-0.4, -0.2) is 50.8 Å². The number of hydrogen-bond donors (Lipinski definition) is 0. The van der Waals surface area contributed by atoms with E-state index in [1.54, 1.807) is 17.9 Å². The van der Waals surface area contributed by atoms with Crippen LogP contribution in [0.25, 0.3) is 0 Å². The van der Waals surface area contributed by atoms with Gasteiger partial charge in [0.15, 0.2) is 0 Å². The van der Waals surface area contributed by atoms with E-state index in [1.165, 1.54) is 11.0 Å². The minimum Gasteiger partial charge on any atom is -0.337 e. The van der Waals surface area contributed by atoms with Crippen molar-refractivity contribution < 1.29 is 22.8 Å². The second-order valence-electron chi connectivity index (χ2n) is 6.24. The molecule has 2 amide bonds. The molecule has 27 heavy (non-hydrogen) atoms. The van der Waals surface area contributed by atoms with Gasteiger partial charge in [0.05, 0.1) is 11.3 Å². The fourth-order valence-corrected chi connectivity index (χ4v) is 3.50. The number of hydrogen-bond acceptors (Lipinski definition) is 5. The molecule has 1 saturated heterocycles. The van der Waals surface area contributed by atoms with Gasteiger partial charge < -0.3 is 9.80 Å². The molecular formula is C17H17F3N4O2S. The number of benzene rings is 1. The van der Waals surface area contributed by atoms with Crippen molar-refractivity contribution in [2.24, 2.45) is 0 Å². The van der Waals surface area contributed by atoms with Crippen LogP contribution < -0.4 is 0 Å². The van der Waals surface area contributed by atoms with E-state index in [2.05, 4.69) is 9.59 Å². The Balaban J connectivity index is 1.69. The van der Waals surface area contributed by atoms with Gasteiger partial charge in [0.2, 0.25) is 5.91 Å². The molecule has 0 aliphatic carbocycles. The quantitative estimate of drug-likeness (QED) is 0.798. The maximum atomic E-state index is 12.9. The lowest BCUT2D eigenvalue weighted by atomic mass is 10.1. The molecule has 0 bridgehead atoms. The molecular weight excluding hydrogens is 381 g/mol. The van der Waals surface area contributed by atoms with Gasteiger partial charge >= 0.3 is 6.18 Å². The zero-order chi connectivity index (χ0) is 19.6. The van der Waals surface area contributed by atoms with Crippen LogP contribution in [0.2, 0.25) is 0 Å². The molecule has 0 unspecified atom stereocenters. The zero-order valence-electron chi connectivity index (χ0n) is 14.5. The van der Waals surface area contributed by atoms with Gasteiger partial charge in [0.1, 0.15) is 4.88 Å². The summed E-state index contributed by atoms with van der Waals surface area (Å²) in [7, 11) is 0. The van der Waals surface area contributed by atoms with E-state index in [1.807, 2.05) is 0 Å². The molecule has 0 N–H and O–H groups in total. The van der Waals surface area contributed by atoms with Gasteiger partial charge in [0.25, 0.3) is 5.91 Å².